The first kappa shape index (κ1) is 11.8. The van der Waals surface area contributed by atoms with Gasteiger partial charge < -0.3 is 5.11 Å². The van der Waals surface area contributed by atoms with Crippen LogP contribution in [0, 0.1) is 5.92 Å². The van der Waals surface area contributed by atoms with Crippen molar-refractivity contribution in [1.82, 2.24) is 14.9 Å². The quantitative estimate of drug-likeness (QED) is 0.868. The molecule has 5 heteroatoms. The molecule has 0 radical (unpaired) electrons. The van der Waals surface area contributed by atoms with Gasteiger partial charge in [0.2, 0.25) is 0 Å². The first-order chi connectivity index (χ1) is 7.49. The minimum Gasteiger partial charge on any atom is -0.387 e. The number of hydrogen-bond donors (Lipinski definition) is 1. The zero-order valence-corrected chi connectivity index (χ0v) is 10.3. The second-order valence-corrected chi connectivity index (χ2v) is 5.12. The lowest BCUT2D eigenvalue weighted by molar-refractivity contribution is -0.131. The number of hydrogen-bond acceptors (Lipinski definition) is 4. The van der Waals surface area contributed by atoms with E-state index in [2.05, 4.69) is 14.9 Å². The number of β-amino-alcohol motifs (C(OH)–C–C–N with tert-alkyl or cyclic N) is 1. The molecule has 0 atom stereocenters. The van der Waals surface area contributed by atoms with Crippen molar-refractivity contribution in [2.75, 3.05) is 13.1 Å². The monoisotopic (exact) mass is 241 g/mol. The van der Waals surface area contributed by atoms with Crippen LogP contribution in [0.2, 0.25) is 5.15 Å². The second-order valence-electron chi connectivity index (χ2n) is 4.73. The van der Waals surface area contributed by atoms with Crippen LogP contribution < -0.4 is 0 Å². The topological polar surface area (TPSA) is 49.2 Å². The zero-order valence-electron chi connectivity index (χ0n) is 9.52. The Bertz CT molecular complexity index is 360. The van der Waals surface area contributed by atoms with E-state index in [9.17, 15) is 5.11 Å². The molecular formula is C11H16ClN3O. The van der Waals surface area contributed by atoms with Crippen molar-refractivity contribution in [3.05, 3.63) is 23.2 Å². The Hall–Kier alpha value is -0.710. The van der Waals surface area contributed by atoms with Crippen molar-refractivity contribution in [2.24, 2.45) is 5.92 Å². The van der Waals surface area contributed by atoms with Crippen LogP contribution in [0.15, 0.2) is 12.4 Å². The minimum atomic E-state index is -0.528. The van der Waals surface area contributed by atoms with Gasteiger partial charge in [0.05, 0.1) is 23.7 Å². The van der Waals surface area contributed by atoms with Gasteiger partial charge in [0, 0.05) is 19.6 Å². The van der Waals surface area contributed by atoms with Gasteiger partial charge in [0.25, 0.3) is 0 Å². The van der Waals surface area contributed by atoms with Crippen molar-refractivity contribution in [2.45, 2.75) is 26.0 Å². The van der Waals surface area contributed by atoms with Gasteiger partial charge in [-0.05, 0) is 5.92 Å². The Balaban J connectivity index is 1.88. The Morgan fingerprint density at radius 2 is 2.12 bits per heavy atom. The van der Waals surface area contributed by atoms with E-state index in [1.807, 2.05) is 13.8 Å². The highest BCUT2D eigenvalue weighted by molar-refractivity contribution is 6.29. The molecule has 1 saturated heterocycles. The fourth-order valence-corrected chi connectivity index (χ4v) is 1.95. The third-order valence-corrected chi connectivity index (χ3v) is 3.32. The van der Waals surface area contributed by atoms with Crippen LogP contribution in [0.5, 0.6) is 0 Å². The van der Waals surface area contributed by atoms with Crippen molar-refractivity contribution in [3.63, 3.8) is 0 Å². The molecule has 1 aromatic rings. The normalized spacial score (nSPS) is 19.8. The summed E-state index contributed by atoms with van der Waals surface area (Å²) in [7, 11) is 0. The maximum atomic E-state index is 10.1. The van der Waals surface area contributed by atoms with Gasteiger partial charge in [-0.25, -0.2) is 4.98 Å². The predicted octanol–water partition coefficient (Wildman–Crippen LogP) is 1.33. The molecule has 0 unspecified atom stereocenters. The van der Waals surface area contributed by atoms with Crippen molar-refractivity contribution >= 4 is 11.6 Å². The second kappa shape index (κ2) is 4.28. The Morgan fingerprint density at radius 3 is 2.62 bits per heavy atom. The van der Waals surface area contributed by atoms with Crippen LogP contribution >= 0.6 is 11.6 Å². The largest absolute Gasteiger partial charge is 0.387 e. The first-order valence-corrected chi connectivity index (χ1v) is 5.78. The predicted molar refractivity (Wildman–Crippen MR) is 62.1 cm³/mol. The summed E-state index contributed by atoms with van der Waals surface area (Å²) >= 11 is 5.66. The van der Waals surface area contributed by atoms with Crippen LogP contribution in [-0.4, -0.2) is 38.7 Å². The maximum absolute atomic E-state index is 10.1. The molecule has 2 heterocycles. The fraction of sp³-hybridized carbons (Fsp3) is 0.636. The summed E-state index contributed by atoms with van der Waals surface area (Å²) in [6.07, 6.45) is 3.22. The van der Waals surface area contributed by atoms with Crippen LogP contribution in [0.1, 0.15) is 19.5 Å². The highest BCUT2D eigenvalue weighted by Gasteiger charge is 2.43. The van der Waals surface area contributed by atoms with Gasteiger partial charge in [0.15, 0.2) is 0 Å². The van der Waals surface area contributed by atoms with E-state index in [-0.39, 0.29) is 0 Å². The molecule has 0 bridgehead atoms. The third kappa shape index (κ3) is 2.34. The molecule has 0 spiro atoms. The van der Waals surface area contributed by atoms with E-state index in [1.165, 1.54) is 0 Å². The summed E-state index contributed by atoms with van der Waals surface area (Å²) in [5, 5.41) is 10.5. The molecule has 0 aromatic carbocycles. The van der Waals surface area contributed by atoms with E-state index in [1.54, 1.807) is 12.4 Å². The number of aliphatic hydroxyl groups is 1. The SMILES string of the molecule is CC(C)C1(O)CN(Cc2cnc(Cl)cn2)C1. The maximum Gasteiger partial charge on any atom is 0.147 e. The molecule has 16 heavy (non-hydrogen) atoms. The molecule has 0 amide bonds. The number of rotatable bonds is 3. The van der Waals surface area contributed by atoms with Crippen molar-refractivity contribution in [1.29, 1.82) is 0 Å². The van der Waals surface area contributed by atoms with E-state index in [0.29, 0.717) is 24.2 Å². The number of aromatic nitrogens is 2. The summed E-state index contributed by atoms with van der Waals surface area (Å²) in [6.45, 7) is 6.21. The van der Waals surface area contributed by atoms with Gasteiger partial charge in [-0.15, -0.1) is 0 Å². The van der Waals surface area contributed by atoms with Crippen molar-refractivity contribution < 1.29 is 5.11 Å². The van der Waals surface area contributed by atoms with Gasteiger partial charge >= 0.3 is 0 Å². The number of nitrogens with zero attached hydrogens (tertiary/aromatic N) is 3. The third-order valence-electron chi connectivity index (χ3n) is 3.13. The molecule has 88 valence electrons. The van der Waals surface area contributed by atoms with Gasteiger partial charge in [0.1, 0.15) is 5.15 Å². The molecule has 1 aliphatic heterocycles. The highest BCUT2D eigenvalue weighted by Crippen LogP contribution is 2.29. The minimum absolute atomic E-state index is 0.292. The summed E-state index contributed by atoms with van der Waals surface area (Å²) < 4.78 is 0. The molecule has 4 nitrogen and oxygen atoms in total. The first-order valence-electron chi connectivity index (χ1n) is 5.41. The average molecular weight is 242 g/mol. The molecule has 1 aliphatic rings. The molecule has 0 aliphatic carbocycles. The summed E-state index contributed by atoms with van der Waals surface area (Å²) in [5.41, 5.74) is 0.357. The van der Waals surface area contributed by atoms with E-state index >= 15 is 0 Å². The van der Waals surface area contributed by atoms with Crippen LogP contribution in [0.25, 0.3) is 0 Å². The van der Waals surface area contributed by atoms with Crippen molar-refractivity contribution in [3.8, 4) is 0 Å². The molecule has 1 fully saturated rings. The zero-order chi connectivity index (χ0) is 11.8. The van der Waals surface area contributed by atoms with Gasteiger partial charge in [-0.2, -0.15) is 0 Å². The molecule has 2 rings (SSSR count). The number of halogens is 1. The molecule has 1 aromatic heterocycles. The molecule has 1 N–H and O–H groups in total. The smallest absolute Gasteiger partial charge is 0.147 e. The standard InChI is InChI=1S/C11H16ClN3O/c1-8(2)11(16)6-15(7-11)5-9-3-14-10(12)4-13-9/h3-4,8,16H,5-7H2,1-2H3. The van der Waals surface area contributed by atoms with Crippen LogP contribution in [0.3, 0.4) is 0 Å². The molecule has 0 saturated carbocycles. The van der Waals surface area contributed by atoms with E-state index < -0.39 is 5.60 Å². The lowest BCUT2D eigenvalue weighted by Crippen LogP contribution is -2.63. The van der Waals surface area contributed by atoms with Gasteiger partial charge in [-0.3, -0.25) is 9.88 Å². The summed E-state index contributed by atoms with van der Waals surface area (Å²) in [4.78, 5) is 10.3. The van der Waals surface area contributed by atoms with E-state index in [4.69, 9.17) is 11.6 Å². The van der Waals surface area contributed by atoms with Gasteiger partial charge in [-0.1, -0.05) is 25.4 Å². The lowest BCUT2D eigenvalue weighted by Gasteiger charge is -2.49. The Labute approximate surface area is 100 Å². The average Bonchev–Trinajstić information content (AvgIpc) is 2.18. The Morgan fingerprint density at radius 1 is 1.44 bits per heavy atom. The molecular weight excluding hydrogens is 226 g/mol. The Kier molecular flexibility index (Phi) is 3.15. The van der Waals surface area contributed by atoms with E-state index in [0.717, 1.165) is 12.2 Å². The lowest BCUT2D eigenvalue weighted by atomic mass is 9.83. The fourth-order valence-electron chi connectivity index (χ4n) is 1.85. The number of likely N-dealkylation sites (tertiary alicyclic amines) is 1. The van der Waals surface area contributed by atoms with Crippen LogP contribution in [-0.2, 0) is 6.54 Å². The van der Waals surface area contributed by atoms with Crippen LogP contribution in [0.4, 0.5) is 0 Å². The summed E-state index contributed by atoms with van der Waals surface area (Å²) in [6, 6.07) is 0. The highest BCUT2D eigenvalue weighted by atomic mass is 35.5. The summed E-state index contributed by atoms with van der Waals surface area (Å²) in [5.74, 6) is 0.292.